The van der Waals surface area contributed by atoms with Crippen LogP contribution >= 0.6 is 11.8 Å². The first-order chi connectivity index (χ1) is 26.0. The van der Waals surface area contributed by atoms with Gasteiger partial charge < -0.3 is 53.9 Å². The Bertz CT molecular complexity index is 1620. The van der Waals surface area contributed by atoms with Gasteiger partial charge >= 0.3 is 6.03 Å². The molecule has 6 atom stereocenters. The first kappa shape index (κ1) is 41.4. The molecular formula is C35H52N12O6S. The van der Waals surface area contributed by atoms with Crippen LogP contribution in [-0.4, -0.2) is 111 Å². The number of guanidine groups is 1. The molecule has 2 aliphatic heterocycles. The normalized spacial score (nSPS) is 19.2. The van der Waals surface area contributed by atoms with Gasteiger partial charge in [-0.05, 0) is 57.1 Å². The van der Waals surface area contributed by atoms with E-state index in [1.165, 1.54) is 24.8 Å². The third kappa shape index (κ3) is 13.6. The van der Waals surface area contributed by atoms with Crippen LogP contribution in [0.15, 0.2) is 46.8 Å². The molecule has 19 heteroatoms. The molecule has 54 heavy (non-hydrogen) atoms. The molecule has 0 bridgehead atoms. The Morgan fingerprint density at radius 1 is 1.00 bits per heavy atom. The van der Waals surface area contributed by atoms with Gasteiger partial charge in [-0.2, -0.15) is 11.8 Å². The maximum atomic E-state index is 13.8. The van der Waals surface area contributed by atoms with Crippen molar-refractivity contribution < 1.29 is 29.1 Å². The molecule has 2 aromatic rings. The number of rotatable bonds is 23. The van der Waals surface area contributed by atoms with Gasteiger partial charge in [0.25, 0.3) is 0 Å². The number of carbonyl (C=O) groups is 5. The smallest absolute Gasteiger partial charge is 0.315 e. The minimum absolute atomic E-state index is 0.00884. The number of imidazole rings is 1. The fourth-order valence-corrected chi connectivity index (χ4v) is 7.79. The fourth-order valence-electron chi connectivity index (χ4n) is 6.25. The molecule has 18 nitrogen and oxygen atoms in total. The second-order valence-electron chi connectivity index (χ2n) is 13.3. The van der Waals surface area contributed by atoms with E-state index in [0.717, 1.165) is 25.0 Å². The van der Waals surface area contributed by atoms with Gasteiger partial charge in [-0.3, -0.25) is 29.2 Å². The number of aromatic amines is 1. The number of para-hydroxylation sites is 1. The van der Waals surface area contributed by atoms with Crippen molar-refractivity contribution in [1.29, 1.82) is 0 Å². The predicted molar refractivity (Wildman–Crippen MR) is 206 cm³/mol. The monoisotopic (exact) mass is 768 g/mol. The molecule has 2 aliphatic rings. The number of amides is 6. The number of aromatic hydroxyl groups is 1. The number of thioether (sulfide) groups is 1. The van der Waals surface area contributed by atoms with E-state index in [1.807, 2.05) is 11.8 Å². The number of aliphatic imine (C=N–C) groups is 2. The van der Waals surface area contributed by atoms with E-state index in [0.29, 0.717) is 48.7 Å². The maximum absolute atomic E-state index is 13.8. The van der Waals surface area contributed by atoms with Crippen LogP contribution in [-0.2, 0) is 25.6 Å². The van der Waals surface area contributed by atoms with Gasteiger partial charge in [0.2, 0.25) is 23.6 Å². The number of primary amides is 1. The number of H-pyrrole nitrogens is 1. The van der Waals surface area contributed by atoms with E-state index in [1.54, 1.807) is 18.2 Å². The lowest BCUT2D eigenvalue weighted by Gasteiger charge is -2.23. The van der Waals surface area contributed by atoms with Crippen molar-refractivity contribution in [3.05, 3.63) is 48.0 Å². The lowest BCUT2D eigenvalue weighted by atomic mass is 10.0. The van der Waals surface area contributed by atoms with Crippen LogP contribution in [0.5, 0.6) is 5.75 Å². The highest BCUT2D eigenvalue weighted by atomic mass is 32.2. The van der Waals surface area contributed by atoms with E-state index in [4.69, 9.17) is 17.2 Å². The molecule has 4 rings (SSSR count). The second kappa shape index (κ2) is 21.4. The summed E-state index contributed by atoms with van der Waals surface area (Å²) in [6, 6.07) is 3.67. The molecule has 1 aromatic heterocycles. The number of nitrogens with one attached hydrogen (secondary N) is 6. The van der Waals surface area contributed by atoms with Crippen molar-refractivity contribution in [2.24, 2.45) is 27.2 Å². The summed E-state index contributed by atoms with van der Waals surface area (Å²) in [5.74, 6) is -1.19. The van der Waals surface area contributed by atoms with Crippen molar-refractivity contribution in [3.8, 4) is 5.75 Å². The number of hydrogen-bond donors (Lipinski definition) is 10. The Labute approximate surface area is 318 Å². The van der Waals surface area contributed by atoms with Crippen LogP contribution in [0.3, 0.4) is 0 Å². The molecule has 0 radical (unpaired) electrons. The summed E-state index contributed by atoms with van der Waals surface area (Å²) in [5, 5.41) is 24.9. The summed E-state index contributed by atoms with van der Waals surface area (Å²) in [5.41, 5.74) is 17.3. The summed E-state index contributed by atoms with van der Waals surface area (Å²) in [7, 11) is 0. The zero-order valence-corrected chi connectivity index (χ0v) is 31.0. The van der Waals surface area contributed by atoms with Gasteiger partial charge in [0, 0.05) is 60.6 Å². The van der Waals surface area contributed by atoms with Crippen LogP contribution < -0.4 is 43.8 Å². The number of carbonyl (C=O) groups excluding carboxylic acids is 5. The van der Waals surface area contributed by atoms with Crippen LogP contribution in [0.25, 0.3) is 0 Å². The van der Waals surface area contributed by atoms with Crippen molar-refractivity contribution >= 4 is 53.6 Å². The summed E-state index contributed by atoms with van der Waals surface area (Å²) in [4.78, 5) is 78.9. The summed E-state index contributed by atoms with van der Waals surface area (Å²) in [6.07, 6.45) is 9.30. The third-order valence-electron chi connectivity index (χ3n) is 9.16. The van der Waals surface area contributed by atoms with Crippen molar-refractivity contribution in [1.82, 2.24) is 36.6 Å². The number of benzene rings is 1. The quantitative estimate of drug-likeness (QED) is 0.0304. The molecule has 0 saturated carbocycles. The average molecular weight is 769 g/mol. The average Bonchev–Trinajstić information content (AvgIpc) is 3.87. The minimum Gasteiger partial charge on any atom is -0.507 e. The molecule has 1 aromatic carbocycles. The Morgan fingerprint density at radius 2 is 1.80 bits per heavy atom. The van der Waals surface area contributed by atoms with Gasteiger partial charge in [-0.25, -0.2) is 9.78 Å². The first-order valence-corrected chi connectivity index (χ1v) is 19.2. The standard InChI is InChI=1S/C35H52N12O6S/c36-31(50)23(10-7-15-41-34(37)38)44-33(52)25(16-22-18-39-20-43-22)45-32(51)24(42-17-21-8-1-2-11-27(21)48)9-5-6-14-40-29(49)13-4-3-12-28-30-26(19-54-28)46-35(53)47-30/h1-2,8,11,17-18,20,23-26,28,30,48H,3-7,9-10,12-16,19H2,(H2,36,50)(H,39,43)(H,40,49)(H,44,52)(H,45,51)(H4,37,38,41)(H2,46,47,53)/t23-,24-,25-,26?,28?,30?/m0/s1. The minimum atomic E-state index is -1.12. The summed E-state index contributed by atoms with van der Waals surface area (Å²) in [6.45, 7) is 0.650. The molecule has 6 amide bonds. The Morgan fingerprint density at radius 3 is 2.54 bits per heavy atom. The molecule has 3 unspecified atom stereocenters. The molecule has 0 aliphatic carbocycles. The number of nitrogens with two attached hydrogens (primary N) is 3. The SMILES string of the molecule is NC(=O)[C@H](CCCN=C(N)N)NC(=O)[C@H](Cc1cnc[nH]1)NC(=O)[C@H](CCCCNC(=O)CCCCC1SCC2NC(=O)NC21)N=Cc1ccccc1O. The Balaban J connectivity index is 1.30. The van der Waals surface area contributed by atoms with E-state index >= 15 is 0 Å². The number of urea groups is 1. The largest absolute Gasteiger partial charge is 0.507 e. The number of phenols is 1. The molecule has 3 heterocycles. The highest BCUT2D eigenvalue weighted by Crippen LogP contribution is 2.33. The zero-order valence-electron chi connectivity index (χ0n) is 30.2. The summed E-state index contributed by atoms with van der Waals surface area (Å²) >= 11 is 1.85. The van der Waals surface area contributed by atoms with Crippen LogP contribution in [0.4, 0.5) is 4.79 Å². The van der Waals surface area contributed by atoms with Crippen molar-refractivity contribution in [2.75, 3.05) is 18.8 Å². The van der Waals surface area contributed by atoms with E-state index in [-0.39, 0.29) is 61.5 Å². The number of nitrogens with zero attached hydrogens (tertiary/aromatic N) is 3. The van der Waals surface area contributed by atoms with Gasteiger partial charge in [-0.15, -0.1) is 0 Å². The topological polar surface area (TPSA) is 297 Å². The van der Waals surface area contributed by atoms with Crippen molar-refractivity contribution in [2.45, 2.75) is 99.7 Å². The van der Waals surface area contributed by atoms with Crippen molar-refractivity contribution in [3.63, 3.8) is 0 Å². The highest BCUT2D eigenvalue weighted by molar-refractivity contribution is 8.00. The van der Waals surface area contributed by atoms with Crippen LogP contribution in [0, 0.1) is 0 Å². The maximum Gasteiger partial charge on any atom is 0.315 e. The van der Waals surface area contributed by atoms with Gasteiger partial charge in [0.05, 0.1) is 18.4 Å². The van der Waals surface area contributed by atoms with E-state index in [9.17, 15) is 29.1 Å². The van der Waals surface area contributed by atoms with Gasteiger partial charge in [0.15, 0.2) is 5.96 Å². The lowest BCUT2D eigenvalue weighted by Crippen LogP contribution is -2.55. The Hall–Kier alpha value is -5.33. The zero-order chi connectivity index (χ0) is 38.9. The number of fused-ring (bicyclic) bond motifs is 1. The van der Waals surface area contributed by atoms with Gasteiger partial charge in [0.1, 0.15) is 23.9 Å². The number of hydrogen-bond acceptors (Lipinski definition) is 10. The Kier molecular flexibility index (Phi) is 16.4. The number of unbranched alkanes of at least 4 members (excludes halogenated alkanes) is 2. The molecule has 294 valence electrons. The first-order valence-electron chi connectivity index (χ1n) is 18.2. The number of aromatic nitrogens is 2. The predicted octanol–water partition coefficient (Wildman–Crippen LogP) is -0.334. The van der Waals surface area contributed by atoms with E-state index in [2.05, 4.69) is 46.5 Å². The second-order valence-corrected chi connectivity index (χ2v) is 14.6. The molecule has 2 fully saturated rings. The molecule has 2 saturated heterocycles. The molecule has 0 spiro atoms. The lowest BCUT2D eigenvalue weighted by molar-refractivity contribution is -0.131. The van der Waals surface area contributed by atoms with Crippen LogP contribution in [0.1, 0.15) is 69.0 Å². The highest BCUT2D eigenvalue weighted by Gasteiger charge is 2.42. The van der Waals surface area contributed by atoms with Gasteiger partial charge in [-0.1, -0.05) is 18.6 Å². The fraction of sp³-hybridized carbons (Fsp3) is 0.543. The van der Waals surface area contributed by atoms with Crippen LogP contribution in [0.2, 0.25) is 0 Å². The van der Waals surface area contributed by atoms with E-state index < -0.39 is 35.8 Å². The summed E-state index contributed by atoms with van der Waals surface area (Å²) < 4.78 is 0. The third-order valence-corrected chi connectivity index (χ3v) is 10.7. The number of phenolic OH excluding ortho intramolecular Hbond substituents is 1. The molecular weight excluding hydrogens is 717 g/mol. The molecule has 13 N–H and O–H groups in total.